The molecule has 2 fully saturated rings. The van der Waals surface area contributed by atoms with Crippen LogP contribution in [0.15, 0.2) is 30.6 Å². The molecule has 1 N–H and O–H groups in total. The molecule has 3 aromatic heterocycles. The van der Waals surface area contributed by atoms with Gasteiger partial charge in [-0.2, -0.15) is 10.4 Å². The molecule has 1 aliphatic heterocycles. The number of ether oxygens (including phenoxy) is 1. The van der Waals surface area contributed by atoms with Crippen LogP contribution in [-0.4, -0.2) is 46.0 Å². The van der Waals surface area contributed by atoms with Crippen LogP contribution in [0.1, 0.15) is 38.2 Å². The average Bonchev–Trinajstić information content (AvgIpc) is 3.46. The van der Waals surface area contributed by atoms with Crippen LogP contribution in [0.4, 0.5) is 5.82 Å². The van der Waals surface area contributed by atoms with Crippen LogP contribution in [0.3, 0.4) is 0 Å². The fourth-order valence-electron chi connectivity index (χ4n) is 4.75. The molecule has 0 spiro atoms. The first-order valence-corrected chi connectivity index (χ1v) is 10.3. The number of rotatable bonds is 3. The molecular formula is C22H24N6O. The summed E-state index contributed by atoms with van der Waals surface area (Å²) in [7, 11) is 0. The first-order chi connectivity index (χ1) is 14.2. The zero-order valence-corrected chi connectivity index (χ0v) is 16.6. The van der Waals surface area contributed by atoms with E-state index in [1.165, 1.54) is 0 Å². The van der Waals surface area contributed by atoms with Crippen LogP contribution < -0.4 is 4.90 Å². The van der Waals surface area contributed by atoms with E-state index in [-0.39, 0.29) is 6.04 Å². The van der Waals surface area contributed by atoms with Gasteiger partial charge in [0.05, 0.1) is 36.4 Å². The maximum absolute atomic E-state index is 10.2. The number of nitriles is 1. The Bertz CT molecular complexity index is 1060. The van der Waals surface area contributed by atoms with E-state index in [4.69, 9.17) is 9.72 Å². The van der Waals surface area contributed by atoms with Crippen molar-refractivity contribution in [3.8, 4) is 17.5 Å². The standard InChI is InChI=1S/C22H24N6O/c1-15-13-29-11-10-28(15)19-12-17(22(14-23)6-2-3-7-22)16-4-8-24-21(20(16)26-19)18-5-9-25-27-18/h4-5,8-9,12,15H,2-3,6-7,10-11,13H2,1H3,(H,25,27)/t15-/m1/s1. The van der Waals surface area contributed by atoms with Crippen LogP contribution in [0, 0.1) is 11.3 Å². The predicted molar refractivity (Wildman–Crippen MR) is 111 cm³/mol. The summed E-state index contributed by atoms with van der Waals surface area (Å²) in [5.74, 6) is 0.901. The highest BCUT2D eigenvalue weighted by Gasteiger charge is 2.38. The van der Waals surface area contributed by atoms with Gasteiger partial charge in [-0.05, 0) is 43.5 Å². The van der Waals surface area contributed by atoms with Crippen LogP contribution in [-0.2, 0) is 10.2 Å². The maximum atomic E-state index is 10.2. The fraction of sp³-hybridized carbons (Fsp3) is 0.455. The van der Waals surface area contributed by atoms with E-state index < -0.39 is 5.41 Å². The zero-order valence-electron chi connectivity index (χ0n) is 16.6. The molecule has 0 bridgehead atoms. The van der Waals surface area contributed by atoms with Crippen molar-refractivity contribution < 1.29 is 4.74 Å². The summed E-state index contributed by atoms with van der Waals surface area (Å²) in [4.78, 5) is 12.0. The molecule has 0 amide bonds. The molecular weight excluding hydrogens is 364 g/mol. The lowest BCUT2D eigenvalue weighted by atomic mass is 9.78. The Morgan fingerprint density at radius 3 is 2.86 bits per heavy atom. The van der Waals surface area contributed by atoms with Gasteiger partial charge in [-0.1, -0.05) is 12.8 Å². The molecule has 29 heavy (non-hydrogen) atoms. The zero-order chi connectivity index (χ0) is 19.8. The minimum absolute atomic E-state index is 0.232. The molecule has 1 saturated heterocycles. The Hall–Kier alpha value is -2.98. The molecule has 1 aliphatic carbocycles. The van der Waals surface area contributed by atoms with Gasteiger partial charge in [0.1, 0.15) is 17.0 Å². The highest BCUT2D eigenvalue weighted by molar-refractivity contribution is 5.94. The highest BCUT2D eigenvalue weighted by atomic mass is 16.5. The number of morpholine rings is 1. The van der Waals surface area contributed by atoms with Crippen molar-refractivity contribution in [3.05, 3.63) is 36.2 Å². The van der Waals surface area contributed by atoms with Crippen LogP contribution in [0.2, 0.25) is 0 Å². The summed E-state index contributed by atoms with van der Waals surface area (Å²) in [5.41, 5.74) is 3.05. The van der Waals surface area contributed by atoms with Crippen molar-refractivity contribution in [2.24, 2.45) is 0 Å². The molecule has 4 heterocycles. The second-order valence-electron chi connectivity index (χ2n) is 8.07. The fourth-order valence-corrected chi connectivity index (χ4v) is 4.75. The molecule has 7 heteroatoms. The smallest absolute Gasteiger partial charge is 0.130 e. The lowest BCUT2D eigenvalue weighted by molar-refractivity contribution is 0.0985. The second-order valence-corrected chi connectivity index (χ2v) is 8.07. The van der Waals surface area contributed by atoms with E-state index in [0.717, 1.165) is 65.9 Å². The molecule has 5 rings (SSSR count). The van der Waals surface area contributed by atoms with Gasteiger partial charge < -0.3 is 9.64 Å². The SMILES string of the molecule is C[C@@H]1COCCN1c1cc(C2(C#N)CCCC2)c2ccnc(-c3ccn[nH]3)c2n1. The molecule has 1 atom stereocenters. The normalized spacial score (nSPS) is 21.4. The Kier molecular flexibility index (Phi) is 4.44. The minimum atomic E-state index is -0.460. The number of H-pyrrole nitrogens is 1. The summed E-state index contributed by atoms with van der Waals surface area (Å²) in [6, 6.07) is 8.96. The van der Waals surface area contributed by atoms with Crippen LogP contribution >= 0.6 is 0 Å². The van der Waals surface area contributed by atoms with Gasteiger partial charge in [0.15, 0.2) is 0 Å². The van der Waals surface area contributed by atoms with Crippen molar-refractivity contribution in [1.82, 2.24) is 20.2 Å². The monoisotopic (exact) mass is 388 g/mol. The van der Waals surface area contributed by atoms with E-state index in [9.17, 15) is 5.26 Å². The Morgan fingerprint density at radius 2 is 2.14 bits per heavy atom. The van der Waals surface area contributed by atoms with Gasteiger partial charge in [-0.25, -0.2) is 4.98 Å². The van der Waals surface area contributed by atoms with Gasteiger partial charge in [0.25, 0.3) is 0 Å². The lowest BCUT2D eigenvalue weighted by Gasteiger charge is -2.35. The summed E-state index contributed by atoms with van der Waals surface area (Å²) >= 11 is 0. The summed E-state index contributed by atoms with van der Waals surface area (Å²) in [5, 5.41) is 18.3. The van der Waals surface area contributed by atoms with E-state index >= 15 is 0 Å². The Labute approximate surface area is 169 Å². The van der Waals surface area contributed by atoms with Crippen LogP contribution in [0.5, 0.6) is 0 Å². The summed E-state index contributed by atoms with van der Waals surface area (Å²) in [6.45, 7) is 4.31. The molecule has 1 saturated carbocycles. The number of hydrogen-bond acceptors (Lipinski definition) is 6. The van der Waals surface area contributed by atoms with E-state index in [2.05, 4.69) is 39.1 Å². The average molecular weight is 388 g/mol. The van der Waals surface area contributed by atoms with E-state index in [1.807, 2.05) is 12.1 Å². The predicted octanol–water partition coefficient (Wildman–Crippen LogP) is 3.58. The number of pyridine rings is 2. The number of nitrogens with one attached hydrogen (secondary N) is 1. The topological polar surface area (TPSA) is 90.7 Å². The number of nitrogens with zero attached hydrogens (tertiary/aromatic N) is 5. The molecule has 0 unspecified atom stereocenters. The molecule has 7 nitrogen and oxygen atoms in total. The molecule has 148 valence electrons. The number of aromatic amines is 1. The van der Waals surface area contributed by atoms with Gasteiger partial charge in [-0.15, -0.1) is 0 Å². The third-order valence-corrected chi connectivity index (χ3v) is 6.32. The Balaban J connectivity index is 1.78. The maximum Gasteiger partial charge on any atom is 0.130 e. The minimum Gasteiger partial charge on any atom is -0.377 e. The van der Waals surface area contributed by atoms with Crippen molar-refractivity contribution in [2.75, 3.05) is 24.7 Å². The molecule has 3 aromatic rings. The van der Waals surface area contributed by atoms with Crippen LogP contribution in [0.25, 0.3) is 22.3 Å². The van der Waals surface area contributed by atoms with E-state index in [1.54, 1.807) is 12.4 Å². The first-order valence-electron chi connectivity index (χ1n) is 10.3. The second kappa shape index (κ2) is 7.12. The third-order valence-electron chi connectivity index (χ3n) is 6.32. The van der Waals surface area contributed by atoms with Crippen molar-refractivity contribution >= 4 is 16.7 Å². The highest BCUT2D eigenvalue weighted by Crippen LogP contribution is 2.45. The number of anilines is 1. The largest absolute Gasteiger partial charge is 0.377 e. The molecule has 2 aliphatic rings. The van der Waals surface area contributed by atoms with Crippen molar-refractivity contribution in [2.45, 2.75) is 44.1 Å². The number of aromatic nitrogens is 4. The molecule has 0 aromatic carbocycles. The van der Waals surface area contributed by atoms with Gasteiger partial charge >= 0.3 is 0 Å². The van der Waals surface area contributed by atoms with Gasteiger partial charge in [0, 0.05) is 24.3 Å². The van der Waals surface area contributed by atoms with E-state index in [0.29, 0.717) is 13.2 Å². The van der Waals surface area contributed by atoms with Crippen molar-refractivity contribution in [3.63, 3.8) is 0 Å². The summed E-state index contributed by atoms with van der Waals surface area (Å²) < 4.78 is 5.63. The number of fused-ring (bicyclic) bond motifs is 1. The quantitative estimate of drug-likeness (QED) is 0.737. The third kappa shape index (κ3) is 2.95. The van der Waals surface area contributed by atoms with Gasteiger partial charge in [-0.3, -0.25) is 10.1 Å². The van der Waals surface area contributed by atoms with Gasteiger partial charge in [0.2, 0.25) is 0 Å². The Morgan fingerprint density at radius 1 is 1.28 bits per heavy atom. The molecule has 0 radical (unpaired) electrons. The lowest BCUT2D eigenvalue weighted by Crippen LogP contribution is -2.44. The first kappa shape index (κ1) is 18.1. The number of hydrogen-bond donors (Lipinski definition) is 1. The van der Waals surface area contributed by atoms with Crippen molar-refractivity contribution in [1.29, 1.82) is 5.26 Å². The summed E-state index contributed by atoms with van der Waals surface area (Å²) in [6.07, 6.45) is 7.47.